The molecule has 3 rings (SSSR count). The van der Waals surface area contributed by atoms with E-state index in [1.165, 1.54) is 5.56 Å². The first-order valence-corrected chi connectivity index (χ1v) is 9.97. The number of morpholine rings is 1. The van der Waals surface area contributed by atoms with Crippen molar-refractivity contribution in [2.24, 2.45) is 0 Å². The minimum Gasteiger partial charge on any atom is -0.379 e. The molecule has 1 fully saturated rings. The van der Waals surface area contributed by atoms with E-state index in [1.54, 1.807) is 11.8 Å². The van der Waals surface area contributed by atoms with Crippen molar-refractivity contribution >= 4 is 11.8 Å². The highest BCUT2D eigenvalue weighted by molar-refractivity contribution is 7.99. The van der Waals surface area contributed by atoms with Gasteiger partial charge in [-0.1, -0.05) is 56.8 Å². The summed E-state index contributed by atoms with van der Waals surface area (Å²) in [7, 11) is 0. The lowest BCUT2D eigenvalue weighted by Crippen LogP contribution is -2.36. The molecule has 0 bridgehead atoms. The predicted octanol–water partition coefficient (Wildman–Crippen LogP) is 3.58. The summed E-state index contributed by atoms with van der Waals surface area (Å²) in [4.78, 5) is 7.08. The summed E-state index contributed by atoms with van der Waals surface area (Å²) in [6, 6.07) is 8.59. The van der Waals surface area contributed by atoms with E-state index in [-0.39, 0.29) is 5.41 Å². The lowest BCUT2D eigenvalue weighted by Gasteiger charge is -2.26. The molecule has 1 aromatic heterocycles. The van der Waals surface area contributed by atoms with Gasteiger partial charge in [0, 0.05) is 24.4 Å². The number of nitrogens with one attached hydrogen (secondary N) is 1. The first-order chi connectivity index (χ1) is 12.0. The average molecular weight is 361 g/mol. The summed E-state index contributed by atoms with van der Waals surface area (Å²) >= 11 is 1.72. The largest absolute Gasteiger partial charge is 0.379 e. The Kier molecular flexibility index (Phi) is 6.15. The first-order valence-electron chi connectivity index (χ1n) is 8.98. The molecule has 1 saturated heterocycles. The summed E-state index contributed by atoms with van der Waals surface area (Å²) in [5.74, 6) is 1.88. The summed E-state index contributed by atoms with van der Waals surface area (Å²) in [6.45, 7) is 11.6. The van der Waals surface area contributed by atoms with E-state index in [9.17, 15) is 0 Å². The van der Waals surface area contributed by atoms with Gasteiger partial charge in [0.15, 0.2) is 5.82 Å². The Morgan fingerprint density at radius 2 is 1.88 bits per heavy atom. The van der Waals surface area contributed by atoms with E-state index in [1.807, 2.05) is 0 Å². The van der Waals surface area contributed by atoms with Gasteiger partial charge in [0.25, 0.3) is 0 Å². The number of aromatic nitrogens is 3. The van der Waals surface area contributed by atoms with Gasteiger partial charge in [-0.2, -0.15) is 0 Å². The number of benzene rings is 1. The zero-order chi connectivity index (χ0) is 17.7. The van der Waals surface area contributed by atoms with Crippen molar-refractivity contribution in [3.63, 3.8) is 0 Å². The van der Waals surface area contributed by atoms with Gasteiger partial charge in [0.05, 0.1) is 13.2 Å². The Morgan fingerprint density at radius 3 is 2.56 bits per heavy atom. The second kappa shape index (κ2) is 8.34. The second-order valence-electron chi connectivity index (χ2n) is 7.45. The molecule has 0 unspecified atom stereocenters. The van der Waals surface area contributed by atoms with Crippen LogP contribution in [0.25, 0.3) is 11.4 Å². The van der Waals surface area contributed by atoms with Gasteiger partial charge in [-0.05, 0) is 23.9 Å². The van der Waals surface area contributed by atoms with Gasteiger partial charge in [-0.15, -0.1) is 5.10 Å². The topological polar surface area (TPSA) is 54.0 Å². The molecule has 0 spiro atoms. The Labute approximate surface area is 154 Å². The van der Waals surface area contributed by atoms with Crippen LogP contribution in [0.2, 0.25) is 0 Å². The van der Waals surface area contributed by atoms with E-state index >= 15 is 0 Å². The molecule has 1 aromatic carbocycles. The summed E-state index contributed by atoms with van der Waals surface area (Å²) < 4.78 is 5.37. The van der Waals surface area contributed by atoms with Crippen molar-refractivity contribution in [1.82, 2.24) is 20.1 Å². The van der Waals surface area contributed by atoms with Gasteiger partial charge >= 0.3 is 0 Å². The lowest BCUT2D eigenvalue weighted by atomic mass is 9.87. The van der Waals surface area contributed by atoms with Crippen LogP contribution in [0.3, 0.4) is 0 Å². The van der Waals surface area contributed by atoms with Crippen LogP contribution < -0.4 is 0 Å². The second-order valence-corrected chi connectivity index (χ2v) is 8.51. The number of hydrogen-bond donors (Lipinski definition) is 1. The molecule has 2 aromatic rings. The SMILES string of the molecule is CC(C)(C)c1ccc(-c2nc(SCCCN3CCOCC3)n[nH]2)cc1. The Hall–Kier alpha value is -1.37. The van der Waals surface area contributed by atoms with Crippen LogP contribution in [-0.4, -0.2) is 58.7 Å². The monoisotopic (exact) mass is 360 g/mol. The number of hydrogen-bond acceptors (Lipinski definition) is 5. The van der Waals surface area contributed by atoms with Crippen LogP contribution in [0.5, 0.6) is 0 Å². The van der Waals surface area contributed by atoms with Crippen LogP contribution in [0, 0.1) is 0 Å². The third-order valence-corrected chi connectivity index (χ3v) is 5.38. The number of thioether (sulfide) groups is 1. The van der Waals surface area contributed by atoms with Gasteiger partial charge < -0.3 is 4.74 Å². The predicted molar refractivity (Wildman–Crippen MR) is 103 cm³/mol. The van der Waals surface area contributed by atoms with Crippen LogP contribution >= 0.6 is 11.8 Å². The number of aromatic amines is 1. The van der Waals surface area contributed by atoms with Crippen molar-refractivity contribution in [3.05, 3.63) is 29.8 Å². The summed E-state index contributed by atoms with van der Waals surface area (Å²) in [5.41, 5.74) is 2.58. The molecule has 1 aliphatic heterocycles. The smallest absolute Gasteiger partial charge is 0.208 e. The van der Waals surface area contributed by atoms with Gasteiger partial charge in [0.2, 0.25) is 5.16 Å². The van der Waals surface area contributed by atoms with E-state index in [0.717, 1.165) is 61.6 Å². The molecule has 0 aliphatic carbocycles. The zero-order valence-electron chi connectivity index (χ0n) is 15.4. The van der Waals surface area contributed by atoms with Crippen LogP contribution in [0.15, 0.2) is 29.4 Å². The number of H-pyrrole nitrogens is 1. The lowest BCUT2D eigenvalue weighted by molar-refractivity contribution is 0.0381. The Morgan fingerprint density at radius 1 is 1.16 bits per heavy atom. The van der Waals surface area contributed by atoms with Crippen molar-refractivity contribution in [3.8, 4) is 11.4 Å². The minimum atomic E-state index is 0.168. The highest BCUT2D eigenvalue weighted by Gasteiger charge is 2.14. The number of nitrogens with zero attached hydrogens (tertiary/aromatic N) is 3. The fraction of sp³-hybridized carbons (Fsp3) is 0.579. The molecule has 0 radical (unpaired) electrons. The minimum absolute atomic E-state index is 0.168. The molecule has 0 atom stereocenters. The maximum absolute atomic E-state index is 5.37. The van der Waals surface area contributed by atoms with Crippen molar-refractivity contribution in [1.29, 1.82) is 0 Å². The summed E-state index contributed by atoms with van der Waals surface area (Å²) in [6.07, 6.45) is 1.15. The van der Waals surface area contributed by atoms with Crippen molar-refractivity contribution in [2.45, 2.75) is 37.8 Å². The zero-order valence-corrected chi connectivity index (χ0v) is 16.2. The molecule has 25 heavy (non-hydrogen) atoms. The molecule has 0 amide bonds. The average Bonchev–Trinajstić information content (AvgIpc) is 3.08. The maximum atomic E-state index is 5.37. The molecular weight excluding hydrogens is 332 g/mol. The fourth-order valence-corrected chi connectivity index (χ4v) is 3.57. The Balaban J connectivity index is 1.48. The van der Waals surface area contributed by atoms with Crippen LogP contribution in [0.1, 0.15) is 32.8 Å². The number of rotatable bonds is 6. The molecule has 136 valence electrons. The molecule has 2 heterocycles. The van der Waals surface area contributed by atoms with Gasteiger partial charge in [-0.25, -0.2) is 4.98 Å². The van der Waals surface area contributed by atoms with Crippen LogP contribution in [-0.2, 0) is 10.2 Å². The molecular formula is C19H28N4OS. The van der Waals surface area contributed by atoms with E-state index < -0.39 is 0 Å². The van der Waals surface area contributed by atoms with Crippen molar-refractivity contribution < 1.29 is 4.74 Å². The molecule has 0 saturated carbocycles. The third kappa shape index (κ3) is 5.30. The van der Waals surface area contributed by atoms with Gasteiger partial charge in [-0.3, -0.25) is 10.00 Å². The van der Waals surface area contributed by atoms with Crippen LogP contribution in [0.4, 0.5) is 0 Å². The summed E-state index contributed by atoms with van der Waals surface area (Å²) in [5, 5.41) is 8.23. The third-order valence-electron chi connectivity index (χ3n) is 4.44. The first kappa shape index (κ1) is 18.4. The van der Waals surface area contributed by atoms with Crippen molar-refractivity contribution in [2.75, 3.05) is 38.6 Å². The quantitative estimate of drug-likeness (QED) is 0.630. The highest BCUT2D eigenvalue weighted by atomic mass is 32.2. The standard InChI is InChI=1S/C19H28N4OS/c1-19(2,3)16-7-5-15(6-8-16)17-20-18(22-21-17)25-14-4-9-23-10-12-24-13-11-23/h5-8H,4,9-14H2,1-3H3,(H,20,21,22). The molecule has 1 aliphatic rings. The van der Waals surface area contributed by atoms with Gasteiger partial charge in [0.1, 0.15) is 0 Å². The van der Waals surface area contributed by atoms with E-state index in [2.05, 4.69) is 65.1 Å². The molecule has 6 heteroatoms. The molecule has 5 nitrogen and oxygen atoms in total. The number of ether oxygens (including phenoxy) is 1. The molecule has 1 N–H and O–H groups in total. The Bertz CT molecular complexity index is 657. The van der Waals surface area contributed by atoms with E-state index in [0.29, 0.717) is 0 Å². The normalized spacial score (nSPS) is 16.3. The van der Waals surface area contributed by atoms with E-state index in [4.69, 9.17) is 4.74 Å². The fourth-order valence-electron chi connectivity index (χ4n) is 2.84. The highest BCUT2D eigenvalue weighted by Crippen LogP contribution is 2.25. The maximum Gasteiger partial charge on any atom is 0.208 e.